The molecule has 1 heterocycles. The molecule has 1 aliphatic rings. The maximum absolute atomic E-state index is 12.3. The van der Waals surface area contributed by atoms with Crippen molar-refractivity contribution in [3.05, 3.63) is 64.1 Å². The van der Waals surface area contributed by atoms with E-state index in [-0.39, 0.29) is 17.6 Å². The number of pyridine rings is 1. The second kappa shape index (κ2) is 6.47. The average Bonchev–Trinajstić information content (AvgIpc) is 2.50. The summed E-state index contributed by atoms with van der Waals surface area (Å²) in [5.41, 5.74) is 1.22. The van der Waals surface area contributed by atoms with Crippen molar-refractivity contribution < 1.29 is 9.53 Å². The fourth-order valence-corrected chi connectivity index (χ4v) is 2.26. The lowest BCUT2D eigenvalue weighted by atomic mass is 9.96. The highest BCUT2D eigenvalue weighted by atomic mass is 16.5. The van der Waals surface area contributed by atoms with Crippen molar-refractivity contribution in [1.29, 1.82) is 0 Å². The number of amides is 1. The molecule has 1 aromatic carbocycles. The standard InChI is InChI=1S/C17H18N2O3/c20-16-9-8-12(10-18-16)11-19-17(21)14-6-1-2-7-15(14)22-13-4-3-5-13/h1-2,6-10,13H,3-5,11H2,(H,18,20)(H,19,21). The monoisotopic (exact) mass is 298 g/mol. The molecule has 1 amide bonds. The molecule has 5 heteroatoms. The van der Waals surface area contributed by atoms with Gasteiger partial charge in [0.15, 0.2) is 0 Å². The van der Waals surface area contributed by atoms with E-state index in [1.165, 1.54) is 12.5 Å². The zero-order valence-corrected chi connectivity index (χ0v) is 12.2. The van der Waals surface area contributed by atoms with Crippen molar-refractivity contribution in [1.82, 2.24) is 10.3 Å². The molecule has 1 fully saturated rings. The van der Waals surface area contributed by atoms with Crippen LogP contribution in [0.2, 0.25) is 0 Å². The molecular formula is C17H18N2O3. The number of rotatable bonds is 5. The number of H-pyrrole nitrogens is 1. The Balaban J connectivity index is 1.66. The Bertz CT molecular complexity index is 699. The molecule has 0 aliphatic heterocycles. The van der Waals surface area contributed by atoms with Gasteiger partial charge in [-0.1, -0.05) is 18.2 Å². The Morgan fingerprint density at radius 3 is 2.73 bits per heavy atom. The summed E-state index contributed by atoms with van der Waals surface area (Å²) in [7, 11) is 0. The number of aromatic amines is 1. The summed E-state index contributed by atoms with van der Waals surface area (Å²) in [4.78, 5) is 25.9. The number of hydrogen-bond acceptors (Lipinski definition) is 3. The smallest absolute Gasteiger partial charge is 0.255 e. The van der Waals surface area contributed by atoms with Gasteiger partial charge in [-0.25, -0.2) is 0 Å². The molecule has 0 unspecified atom stereocenters. The molecule has 0 atom stereocenters. The van der Waals surface area contributed by atoms with Gasteiger partial charge in [0.1, 0.15) is 5.75 Å². The average molecular weight is 298 g/mol. The van der Waals surface area contributed by atoms with Crippen LogP contribution in [0.5, 0.6) is 5.75 Å². The second-order valence-electron chi connectivity index (χ2n) is 5.41. The van der Waals surface area contributed by atoms with E-state index in [4.69, 9.17) is 4.74 Å². The van der Waals surface area contributed by atoms with Crippen LogP contribution >= 0.6 is 0 Å². The molecule has 0 saturated heterocycles. The van der Waals surface area contributed by atoms with Crippen LogP contribution in [0.15, 0.2) is 47.4 Å². The minimum atomic E-state index is -0.180. The molecule has 0 bridgehead atoms. The van der Waals surface area contributed by atoms with E-state index in [0.717, 1.165) is 18.4 Å². The summed E-state index contributed by atoms with van der Waals surface area (Å²) in [6.07, 6.45) is 5.11. The van der Waals surface area contributed by atoms with Crippen molar-refractivity contribution in [2.24, 2.45) is 0 Å². The van der Waals surface area contributed by atoms with Crippen LogP contribution in [0, 0.1) is 0 Å². The summed E-state index contributed by atoms with van der Waals surface area (Å²) in [6, 6.07) is 10.4. The summed E-state index contributed by atoms with van der Waals surface area (Å²) >= 11 is 0. The summed E-state index contributed by atoms with van der Waals surface area (Å²) < 4.78 is 5.86. The first-order chi connectivity index (χ1) is 10.7. The zero-order valence-electron chi connectivity index (χ0n) is 12.2. The third-order valence-electron chi connectivity index (χ3n) is 3.78. The van der Waals surface area contributed by atoms with Crippen LogP contribution in [0.25, 0.3) is 0 Å². The highest BCUT2D eigenvalue weighted by molar-refractivity contribution is 5.96. The van der Waals surface area contributed by atoms with Crippen molar-refractivity contribution in [3.8, 4) is 5.75 Å². The minimum Gasteiger partial charge on any atom is -0.490 e. The van der Waals surface area contributed by atoms with Gasteiger partial charge in [0, 0.05) is 18.8 Å². The molecular weight excluding hydrogens is 280 g/mol. The number of carbonyl (C=O) groups is 1. The molecule has 114 valence electrons. The SMILES string of the molecule is O=C(NCc1ccc(=O)[nH]c1)c1ccccc1OC1CCC1. The van der Waals surface area contributed by atoms with Gasteiger partial charge >= 0.3 is 0 Å². The molecule has 1 aromatic heterocycles. The van der Waals surface area contributed by atoms with Gasteiger partial charge in [-0.2, -0.15) is 0 Å². The first-order valence-electron chi connectivity index (χ1n) is 7.44. The number of para-hydroxylation sites is 1. The van der Waals surface area contributed by atoms with Crippen LogP contribution in [0.1, 0.15) is 35.2 Å². The van der Waals surface area contributed by atoms with Crippen molar-refractivity contribution >= 4 is 5.91 Å². The van der Waals surface area contributed by atoms with Gasteiger partial charge in [0.25, 0.3) is 5.91 Å². The maximum Gasteiger partial charge on any atom is 0.255 e. The van der Waals surface area contributed by atoms with Crippen LogP contribution in [-0.4, -0.2) is 17.0 Å². The van der Waals surface area contributed by atoms with E-state index in [1.54, 1.807) is 18.3 Å². The number of carbonyl (C=O) groups excluding carboxylic acids is 1. The van der Waals surface area contributed by atoms with Gasteiger partial charge in [-0.05, 0) is 37.0 Å². The molecule has 0 radical (unpaired) electrons. The van der Waals surface area contributed by atoms with Crippen LogP contribution in [-0.2, 0) is 6.54 Å². The van der Waals surface area contributed by atoms with E-state index >= 15 is 0 Å². The van der Waals surface area contributed by atoms with E-state index in [0.29, 0.717) is 17.9 Å². The fourth-order valence-electron chi connectivity index (χ4n) is 2.26. The summed E-state index contributed by atoms with van der Waals surface area (Å²) in [6.45, 7) is 0.355. The van der Waals surface area contributed by atoms with Gasteiger partial charge in [-0.3, -0.25) is 9.59 Å². The Morgan fingerprint density at radius 1 is 1.23 bits per heavy atom. The van der Waals surface area contributed by atoms with Crippen molar-refractivity contribution in [2.75, 3.05) is 0 Å². The Kier molecular flexibility index (Phi) is 4.23. The predicted octanol–water partition coefficient (Wildman–Crippen LogP) is 2.24. The van der Waals surface area contributed by atoms with E-state index in [1.807, 2.05) is 18.2 Å². The molecule has 5 nitrogen and oxygen atoms in total. The van der Waals surface area contributed by atoms with E-state index in [9.17, 15) is 9.59 Å². The number of ether oxygens (including phenoxy) is 1. The Hall–Kier alpha value is -2.56. The number of nitrogens with one attached hydrogen (secondary N) is 2. The van der Waals surface area contributed by atoms with Crippen LogP contribution < -0.4 is 15.6 Å². The van der Waals surface area contributed by atoms with Gasteiger partial charge in [0.05, 0.1) is 11.7 Å². The lowest BCUT2D eigenvalue weighted by molar-refractivity contribution is 0.0925. The topological polar surface area (TPSA) is 71.2 Å². The largest absolute Gasteiger partial charge is 0.490 e. The van der Waals surface area contributed by atoms with Crippen molar-refractivity contribution in [3.63, 3.8) is 0 Å². The summed E-state index contributed by atoms with van der Waals surface area (Å²) in [5.74, 6) is 0.451. The number of hydrogen-bond donors (Lipinski definition) is 2. The predicted molar refractivity (Wildman–Crippen MR) is 82.9 cm³/mol. The third-order valence-corrected chi connectivity index (χ3v) is 3.78. The molecule has 2 N–H and O–H groups in total. The Labute approximate surface area is 128 Å². The first-order valence-corrected chi connectivity index (χ1v) is 7.44. The second-order valence-corrected chi connectivity index (χ2v) is 5.41. The lowest BCUT2D eigenvalue weighted by Gasteiger charge is -2.27. The van der Waals surface area contributed by atoms with Crippen LogP contribution in [0.4, 0.5) is 0 Å². The molecule has 0 spiro atoms. The Morgan fingerprint density at radius 2 is 2.05 bits per heavy atom. The lowest BCUT2D eigenvalue weighted by Crippen LogP contribution is -2.28. The van der Waals surface area contributed by atoms with E-state index in [2.05, 4.69) is 10.3 Å². The number of aromatic nitrogens is 1. The first kappa shape index (κ1) is 14.4. The molecule has 22 heavy (non-hydrogen) atoms. The highest BCUT2D eigenvalue weighted by Gasteiger charge is 2.21. The normalized spacial score (nSPS) is 14.2. The molecule has 1 saturated carbocycles. The summed E-state index contributed by atoms with van der Waals surface area (Å²) in [5, 5.41) is 2.84. The van der Waals surface area contributed by atoms with Crippen LogP contribution in [0.3, 0.4) is 0 Å². The third kappa shape index (κ3) is 3.36. The highest BCUT2D eigenvalue weighted by Crippen LogP contribution is 2.27. The molecule has 2 aromatic rings. The molecule has 1 aliphatic carbocycles. The van der Waals surface area contributed by atoms with Gasteiger partial charge in [-0.15, -0.1) is 0 Å². The van der Waals surface area contributed by atoms with Gasteiger partial charge in [0.2, 0.25) is 5.56 Å². The van der Waals surface area contributed by atoms with Crippen molar-refractivity contribution in [2.45, 2.75) is 31.9 Å². The number of benzene rings is 1. The zero-order chi connectivity index (χ0) is 15.4. The quantitative estimate of drug-likeness (QED) is 0.889. The van der Waals surface area contributed by atoms with E-state index < -0.39 is 0 Å². The minimum absolute atomic E-state index is 0.158. The molecule has 3 rings (SSSR count). The maximum atomic E-state index is 12.3. The fraction of sp³-hybridized carbons (Fsp3) is 0.294. The van der Waals surface area contributed by atoms with Gasteiger partial charge < -0.3 is 15.0 Å².